The molecular weight excluding hydrogens is 298 g/mol. The maximum atomic E-state index is 10.8. The Hall–Kier alpha value is -2.34. The molecule has 1 atom stereocenters. The van der Waals surface area contributed by atoms with E-state index >= 15 is 0 Å². The lowest BCUT2D eigenvalue weighted by molar-refractivity contribution is -0.384. The van der Waals surface area contributed by atoms with Crippen molar-refractivity contribution < 1.29 is 4.92 Å². The number of nitro groups is 1. The zero-order valence-electron chi connectivity index (χ0n) is 12.4. The highest BCUT2D eigenvalue weighted by Gasteiger charge is 2.08. The molecule has 0 fully saturated rings. The average Bonchev–Trinajstić information content (AvgIpc) is 2.55. The molecule has 0 amide bonds. The second kappa shape index (κ2) is 7.61. The van der Waals surface area contributed by atoms with E-state index in [1.165, 1.54) is 23.9 Å². The molecule has 114 valence electrons. The van der Waals surface area contributed by atoms with Crippen LogP contribution in [0.4, 0.5) is 11.4 Å². The Kier molecular flexibility index (Phi) is 5.55. The fraction of sp³-hybridized carbons (Fsp3) is 0.188. The first kappa shape index (κ1) is 16.0. The number of hydrogen-bond donors (Lipinski definition) is 1. The topological polar surface area (TPSA) is 67.5 Å². The van der Waals surface area contributed by atoms with Crippen LogP contribution in [-0.2, 0) is 0 Å². The number of non-ortho nitro benzene ring substituents is 1. The SMILES string of the molecule is CSC(=N[C@@H](C)c1ccccc1)Nc1cccc([N+](=O)[O-])c1. The molecule has 0 saturated carbocycles. The van der Waals surface area contributed by atoms with Gasteiger partial charge in [-0.05, 0) is 24.8 Å². The Bertz CT molecular complexity index is 674. The van der Waals surface area contributed by atoms with Crippen LogP contribution in [0, 0.1) is 10.1 Å². The average molecular weight is 315 g/mol. The van der Waals surface area contributed by atoms with Gasteiger partial charge in [0.1, 0.15) is 0 Å². The van der Waals surface area contributed by atoms with Gasteiger partial charge >= 0.3 is 0 Å². The zero-order chi connectivity index (χ0) is 15.9. The third-order valence-electron chi connectivity index (χ3n) is 3.09. The van der Waals surface area contributed by atoms with Crippen LogP contribution in [0.2, 0.25) is 0 Å². The summed E-state index contributed by atoms with van der Waals surface area (Å²) in [6.45, 7) is 2.01. The molecule has 0 aromatic heterocycles. The summed E-state index contributed by atoms with van der Waals surface area (Å²) < 4.78 is 0. The standard InChI is InChI=1S/C16H17N3O2S/c1-12(13-7-4-3-5-8-13)17-16(22-2)18-14-9-6-10-15(11-14)19(20)21/h3-12H,1-2H3,(H,17,18)/t12-/m0/s1. The number of hydrogen-bond acceptors (Lipinski definition) is 4. The van der Waals surface area contributed by atoms with Crippen LogP contribution in [-0.4, -0.2) is 16.3 Å². The quantitative estimate of drug-likeness (QED) is 0.391. The van der Waals surface area contributed by atoms with Crippen LogP contribution in [0.25, 0.3) is 0 Å². The second-order valence-corrected chi connectivity index (χ2v) is 5.45. The largest absolute Gasteiger partial charge is 0.335 e. The van der Waals surface area contributed by atoms with Gasteiger partial charge in [-0.25, -0.2) is 0 Å². The number of rotatable bonds is 4. The van der Waals surface area contributed by atoms with Gasteiger partial charge in [-0.2, -0.15) is 0 Å². The summed E-state index contributed by atoms with van der Waals surface area (Å²) in [7, 11) is 0. The highest BCUT2D eigenvalue weighted by Crippen LogP contribution is 2.21. The van der Waals surface area contributed by atoms with Crippen molar-refractivity contribution in [3.8, 4) is 0 Å². The van der Waals surface area contributed by atoms with Crippen molar-refractivity contribution in [3.63, 3.8) is 0 Å². The van der Waals surface area contributed by atoms with E-state index < -0.39 is 4.92 Å². The van der Waals surface area contributed by atoms with E-state index in [9.17, 15) is 10.1 Å². The number of anilines is 1. The van der Waals surface area contributed by atoms with Crippen molar-refractivity contribution in [1.82, 2.24) is 0 Å². The second-order valence-electron chi connectivity index (χ2n) is 4.66. The minimum atomic E-state index is -0.409. The Morgan fingerprint density at radius 1 is 1.23 bits per heavy atom. The molecule has 0 spiro atoms. The van der Waals surface area contributed by atoms with E-state index in [2.05, 4.69) is 10.3 Å². The highest BCUT2D eigenvalue weighted by molar-refractivity contribution is 8.13. The molecule has 5 nitrogen and oxygen atoms in total. The van der Waals surface area contributed by atoms with E-state index in [0.717, 1.165) is 10.7 Å². The lowest BCUT2D eigenvalue weighted by Gasteiger charge is -2.12. The number of thioether (sulfide) groups is 1. The number of amidine groups is 1. The van der Waals surface area contributed by atoms with Crippen LogP contribution in [0.5, 0.6) is 0 Å². The monoisotopic (exact) mass is 315 g/mol. The molecule has 2 aromatic carbocycles. The first-order chi connectivity index (χ1) is 10.6. The van der Waals surface area contributed by atoms with Crippen molar-refractivity contribution >= 4 is 28.3 Å². The number of benzene rings is 2. The summed E-state index contributed by atoms with van der Waals surface area (Å²) in [5.41, 5.74) is 1.83. The molecule has 0 aliphatic carbocycles. The van der Waals surface area contributed by atoms with Gasteiger partial charge in [0.2, 0.25) is 0 Å². The third kappa shape index (κ3) is 4.33. The smallest absolute Gasteiger partial charge is 0.271 e. The number of aliphatic imine (C=N–C) groups is 1. The molecule has 0 bridgehead atoms. The Morgan fingerprint density at radius 3 is 2.59 bits per heavy atom. The molecule has 1 N–H and O–H groups in total. The normalized spacial score (nSPS) is 12.7. The summed E-state index contributed by atoms with van der Waals surface area (Å²) in [6.07, 6.45) is 1.92. The first-order valence-electron chi connectivity index (χ1n) is 6.78. The van der Waals surface area contributed by atoms with Crippen molar-refractivity contribution in [2.24, 2.45) is 4.99 Å². The number of nitro benzene ring substituents is 1. The zero-order valence-corrected chi connectivity index (χ0v) is 13.2. The summed E-state index contributed by atoms with van der Waals surface area (Å²) in [5, 5.41) is 14.7. The van der Waals surface area contributed by atoms with Gasteiger partial charge in [0.15, 0.2) is 5.17 Å². The van der Waals surface area contributed by atoms with Crippen molar-refractivity contribution in [2.75, 3.05) is 11.6 Å². The van der Waals surface area contributed by atoms with Gasteiger partial charge in [-0.15, -0.1) is 0 Å². The van der Waals surface area contributed by atoms with E-state index in [-0.39, 0.29) is 11.7 Å². The molecule has 0 aliphatic rings. The van der Waals surface area contributed by atoms with Crippen molar-refractivity contribution in [3.05, 3.63) is 70.3 Å². The molecular formula is C16H17N3O2S. The van der Waals surface area contributed by atoms with Crippen LogP contribution in [0.3, 0.4) is 0 Å². The van der Waals surface area contributed by atoms with Crippen LogP contribution in [0.1, 0.15) is 18.5 Å². The molecule has 0 unspecified atom stereocenters. The van der Waals surface area contributed by atoms with Gasteiger partial charge in [0.25, 0.3) is 5.69 Å². The third-order valence-corrected chi connectivity index (χ3v) is 3.69. The molecule has 0 saturated heterocycles. The lowest BCUT2D eigenvalue weighted by atomic mass is 10.1. The maximum Gasteiger partial charge on any atom is 0.271 e. The maximum absolute atomic E-state index is 10.8. The Balaban J connectivity index is 2.16. The van der Waals surface area contributed by atoms with Gasteiger partial charge in [-0.1, -0.05) is 48.2 Å². The van der Waals surface area contributed by atoms with E-state index in [1.807, 2.05) is 43.5 Å². The molecule has 0 radical (unpaired) electrons. The van der Waals surface area contributed by atoms with Crippen LogP contribution >= 0.6 is 11.8 Å². The highest BCUT2D eigenvalue weighted by atomic mass is 32.2. The molecule has 22 heavy (non-hydrogen) atoms. The number of nitrogens with one attached hydrogen (secondary N) is 1. The summed E-state index contributed by atoms with van der Waals surface area (Å²) >= 11 is 1.47. The van der Waals surface area contributed by atoms with Crippen molar-refractivity contribution in [1.29, 1.82) is 0 Å². The summed E-state index contributed by atoms with van der Waals surface area (Å²) in [4.78, 5) is 15.0. The van der Waals surface area contributed by atoms with E-state index in [1.54, 1.807) is 12.1 Å². The molecule has 0 aliphatic heterocycles. The molecule has 0 heterocycles. The van der Waals surface area contributed by atoms with Gasteiger partial charge in [0.05, 0.1) is 11.0 Å². The predicted molar refractivity (Wildman–Crippen MR) is 92.5 cm³/mol. The van der Waals surface area contributed by atoms with Gasteiger partial charge in [-0.3, -0.25) is 15.1 Å². The summed E-state index contributed by atoms with van der Waals surface area (Å²) in [5.74, 6) is 0. The van der Waals surface area contributed by atoms with E-state index in [4.69, 9.17) is 0 Å². The molecule has 2 rings (SSSR count). The van der Waals surface area contributed by atoms with Crippen LogP contribution in [0.15, 0.2) is 59.6 Å². The first-order valence-corrected chi connectivity index (χ1v) is 8.01. The van der Waals surface area contributed by atoms with Gasteiger partial charge in [0, 0.05) is 17.8 Å². The lowest BCUT2D eigenvalue weighted by Crippen LogP contribution is -2.09. The van der Waals surface area contributed by atoms with E-state index in [0.29, 0.717) is 5.69 Å². The van der Waals surface area contributed by atoms with Crippen molar-refractivity contribution in [2.45, 2.75) is 13.0 Å². The number of nitrogens with zero attached hydrogens (tertiary/aromatic N) is 2. The van der Waals surface area contributed by atoms with Gasteiger partial charge < -0.3 is 5.32 Å². The fourth-order valence-corrected chi connectivity index (χ4v) is 2.42. The molecule has 6 heteroatoms. The molecule has 2 aromatic rings. The minimum absolute atomic E-state index is 0.00912. The fourth-order valence-electron chi connectivity index (χ4n) is 1.94. The Labute approximate surface area is 133 Å². The summed E-state index contributed by atoms with van der Waals surface area (Å²) in [6, 6.07) is 16.4. The Morgan fingerprint density at radius 2 is 1.95 bits per heavy atom. The predicted octanol–water partition coefficient (Wildman–Crippen LogP) is 4.49. The minimum Gasteiger partial charge on any atom is -0.335 e. The van der Waals surface area contributed by atoms with Crippen LogP contribution < -0.4 is 5.32 Å².